The Morgan fingerprint density at radius 1 is 1.05 bits per heavy atom. The van der Waals surface area contributed by atoms with Crippen molar-refractivity contribution in [1.29, 1.82) is 0 Å². The van der Waals surface area contributed by atoms with Crippen molar-refractivity contribution in [3.8, 4) is 5.75 Å². The lowest BCUT2D eigenvalue weighted by atomic mass is 10.1. The van der Waals surface area contributed by atoms with E-state index < -0.39 is 29.1 Å². The largest absolute Gasteiger partial charge is 0.507 e. The van der Waals surface area contributed by atoms with Crippen molar-refractivity contribution < 1.29 is 23.1 Å². The minimum atomic E-state index is -0.717. The second-order valence-corrected chi connectivity index (χ2v) is 4.08. The molecule has 0 aromatic heterocycles. The molecule has 104 valence electrons. The number of hydrogen-bond donors (Lipinski definition) is 2. The number of rotatable bonds is 3. The van der Waals surface area contributed by atoms with Gasteiger partial charge < -0.3 is 10.4 Å². The molecule has 2 rings (SSSR count). The Bertz CT molecular complexity index is 659. The molecule has 0 radical (unpaired) electrons. The molecule has 3 nitrogen and oxygen atoms in total. The van der Waals surface area contributed by atoms with Crippen molar-refractivity contribution in [2.24, 2.45) is 0 Å². The Labute approximate surface area is 112 Å². The highest BCUT2D eigenvalue weighted by molar-refractivity contribution is 5.96. The first-order valence-corrected chi connectivity index (χ1v) is 5.68. The molecule has 6 heteroatoms. The number of benzene rings is 2. The van der Waals surface area contributed by atoms with E-state index in [-0.39, 0.29) is 17.7 Å². The molecular weight excluding hydrogens is 271 g/mol. The molecule has 0 heterocycles. The standard InChI is InChI=1S/C14H10F3NO2/c15-9-2-4-12(17)8(5-9)7-18-14(20)11-3-1-10(16)6-13(11)19/h1-6,19H,7H2,(H,18,20). The van der Waals surface area contributed by atoms with E-state index in [1.54, 1.807) is 0 Å². The molecule has 1 amide bonds. The van der Waals surface area contributed by atoms with Gasteiger partial charge >= 0.3 is 0 Å². The van der Waals surface area contributed by atoms with Crippen LogP contribution in [0.25, 0.3) is 0 Å². The van der Waals surface area contributed by atoms with Gasteiger partial charge in [-0.1, -0.05) is 0 Å². The van der Waals surface area contributed by atoms with Crippen LogP contribution in [0.1, 0.15) is 15.9 Å². The van der Waals surface area contributed by atoms with E-state index >= 15 is 0 Å². The van der Waals surface area contributed by atoms with E-state index in [2.05, 4.69) is 5.32 Å². The Hall–Kier alpha value is -2.50. The zero-order valence-corrected chi connectivity index (χ0v) is 10.2. The molecule has 0 spiro atoms. The number of phenolic OH excluding ortho intramolecular Hbond substituents is 1. The summed E-state index contributed by atoms with van der Waals surface area (Å²) in [7, 11) is 0. The number of nitrogens with one attached hydrogen (secondary N) is 1. The maximum atomic E-state index is 13.3. The molecule has 2 aromatic rings. The SMILES string of the molecule is O=C(NCc1cc(F)ccc1F)c1ccc(F)cc1O. The average molecular weight is 281 g/mol. The van der Waals surface area contributed by atoms with Crippen LogP contribution in [-0.4, -0.2) is 11.0 Å². The van der Waals surface area contributed by atoms with E-state index in [0.29, 0.717) is 0 Å². The predicted molar refractivity (Wildman–Crippen MR) is 65.6 cm³/mol. The highest BCUT2D eigenvalue weighted by Gasteiger charge is 2.12. The first kappa shape index (κ1) is 13.9. The van der Waals surface area contributed by atoms with Crippen molar-refractivity contribution in [3.63, 3.8) is 0 Å². The molecule has 0 bridgehead atoms. The summed E-state index contributed by atoms with van der Waals surface area (Å²) < 4.78 is 39.1. The number of halogens is 3. The van der Waals surface area contributed by atoms with E-state index in [1.165, 1.54) is 0 Å². The van der Waals surface area contributed by atoms with Gasteiger partial charge in [0.25, 0.3) is 5.91 Å². The van der Waals surface area contributed by atoms with E-state index in [4.69, 9.17) is 0 Å². The fraction of sp³-hybridized carbons (Fsp3) is 0.0714. The van der Waals surface area contributed by atoms with E-state index in [1.807, 2.05) is 0 Å². The lowest BCUT2D eigenvalue weighted by Crippen LogP contribution is -2.23. The Morgan fingerprint density at radius 3 is 2.40 bits per heavy atom. The normalized spacial score (nSPS) is 10.3. The lowest BCUT2D eigenvalue weighted by molar-refractivity contribution is 0.0948. The van der Waals surface area contributed by atoms with Gasteiger partial charge in [-0.15, -0.1) is 0 Å². The maximum absolute atomic E-state index is 13.3. The fourth-order valence-electron chi connectivity index (χ4n) is 1.65. The minimum Gasteiger partial charge on any atom is -0.507 e. The molecular formula is C14H10F3NO2. The molecule has 0 unspecified atom stereocenters. The van der Waals surface area contributed by atoms with Crippen molar-refractivity contribution in [2.45, 2.75) is 6.54 Å². The maximum Gasteiger partial charge on any atom is 0.255 e. The van der Waals surface area contributed by atoms with Gasteiger partial charge in [0.05, 0.1) is 5.56 Å². The molecule has 0 saturated heterocycles. The second-order valence-electron chi connectivity index (χ2n) is 4.08. The zero-order chi connectivity index (χ0) is 14.7. The molecule has 0 aliphatic rings. The summed E-state index contributed by atoms with van der Waals surface area (Å²) in [6, 6.07) is 5.77. The molecule has 2 aromatic carbocycles. The summed E-state index contributed by atoms with van der Waals surface area (Å²) >= 11 is 0. The van der Waals surface area contributed by atoms with Crippen LogP contribution >= 0.6 is 0 Å². The first-order chi connectivity index (χ1) is 9.47. The summed E-state index contributed by atoms with van der Waals surface area (Å²) in [6.45, 7) is -0.251. The van der Waals surface area contributed by atoms with Gasteiger partial charge in [-0.25, -0.2) is 13.2 Å². The number of hydrogen-bond acceptors (Lipinski definition) is 2. The van der Waals surface area contributed by atoms with Crippen molar-refractivity contribution in [2.75, 3.05) is 0 Å². The van der Waals surface area contributed by atoms with Gasteiger partial charge in [0, 0.05) is 18.2 Å². The van der Waals surface area contributed by atoms with Crippen molar-refractivity contribution in [1.82, 2.24) is 5.32 Å². The number of aromatic hydroxyl groups is 1. The van der Waals surface area contributed by atoms with Crippen LogP contribution in [0, 0.1) is 17.5 Å². The number of carbonyl (C=O) groups is 1. The highest BCUT2D eigenvalue weighted by Crippen LogP contribution is 2.18. The van der Waals surface area contributed by atoms with Gasteiger partial charge in [-0.3, -0.25) is 4.79 Å². The first-order valence-electron chi connectivity index (χ1n) is 5.68. The summed E-state index contributed by atoms with van der Waals surface area (Å²) in [5.74, 6) is -3.21. The lowest BCUT2D eigenvalue weighted by Gasteiger charge is -2.08. The Kier molecular flexibility index (Phi) is 3.93. The quantitative estimate of drug-likeness (QED) is 0.908. The van der Waals surface area contributed by atoms with E-state index in [0.717, 1.165) is 36.4 Å². The third-order valence-electron chi connectivity index (χ3n) is 2.65. The Balaban J connectivity index is 2.10. The number of amides is 1. The van der Waals surface area contributed by atoms with Gasteiger partial charge in [-0.2, -0.15) is 0 Å². The zero-order valence-electron chi connectivity index (χ0n) is 10.2. The molecule has 20 heavy (non-hydrogen) atoms. The Morgan fingerprint density at radius 2 is 1.70 bits per heavy atom. The van der Waals surface area contributed by atoms with Crippen molar-refractivity contribution in [3.05, 3.63) is 65.0 Å². The van der Waals surface area contributed by atoms with Gasteiger partial charge in [0.2, 0.25) is 0 Å². The summed E-state index contributed by atoms with van der Waals surface area (Å²) in [4.78, 5) is 11.7. The molecule has 0 aliphatic carbocycles. The van der Waals surface area contributed by atoms with Gasteiger partial charge in [0.1, 0.15) is 23.2 Å². The third-order valence-corrected chi connectivity index (χ3v) is 2.65. The van der Waals surface area contributed by atoms with Crippen LogP contribution in [0.4, 0.5) is 13.2 Å². The van der Waals surface area contributed by atoms with Crippen LogP contribution in [0.15, 0.2) is 36.4 Å². The summed E-state index contributed by atoms with van der Waals surface area (Å²) in [5, 5.41) is 11.7. The summed E-state index contributed by atoms with van der Waals surface area (Å²) in [5.41, 5.74) is -0.178. The van der Waals surface area contributed by atoms with E-state index in [9.17, 15) is 23.1 Å². The van der Waals surface area contributed by atoms with Gasteiger partial charge in [-0.05, 0) is 30.3 Å². The van der Waals surface area contributed by atoms with Gasteiger partial charge in [0.15, 0.2) is 0 Å². The second kappa shape index (κ2) is 5.64. The predicted octanol–water partition coefficient (Wildman–Crippen LogP) is 2.74. The van der Waals surface area contributed by atoms with Crippen LogP contribution in [0.3, 0.4) is 0 Å². The highest BCUT2D eigenvalue weighted by atomic mass is 19.1. The number of carbonyl (C=O) groups excluding carboxylic acids is 1. The van der Waals surface area contributed by atoms with Crippen molar-refractivity contribution >= 4 is 5.91 Å². The van der Waals surface area contributed by atoms with Crippen LogP contribution in [-0.2, 0) is 6.54 Å². The fourth-order valence-corrected chi connectivity index (χ4v) is 1.65. The molecule has 2 N–H and O–H groups in total. The smallest absolute Gasteiger partial charge is 0.255 e. The monoisotopic (exact) mass is 281 g/mol. The summed E-state index contributed by atoms with van der Waals surface area (Å²) in [6.07, 6.45) is 0. The minimum absolute atomic E-state index is 0.0278. The van der Waals surface area contributed by atoms with Crippen LogP contribution in [0.2, 0.25) is 0 Å². The topological polar surface area (TPSA) is 49.3 Å². The molecule has 0 atom stereocenters. The average Bonchev–Trinajstić information content (AvgIpc) is 2.39. The molecule has 0 saturated carbocycles. The molecule has 0 aliphatic heterocycles. The number of phenols is 1. The molecule has 0 fully saturated rings. The van der Waals surface area contributed by atoms with Crippen LogP contribution in [0.5, 0.6) is 5.75 Å². The van der Waals surface area contributed by atoms with Crippen LogP contribution < -0.4 is 5.32 Å². The third kappa shape index (κ3) is 3.09.